The van der Waals surface area contributed by atoms with Crippen LogP contribution < -0.4 is 0 Å². The van der Waals surface area contributed by atoms with Crippen LogP contribution in [0.2, 0.25) is 0 Å². The highest BCUT2D eigenvalue weighted by atomic mass is 16.5. The molecule has 1 heteroatoms. The minimum atomic E-state index is 0.259. The van der Waals surface area contributed by atoms with Crippen LogP contribution in [-0.4, -0.2) is 13.2 Å². The van der Waals surface area contributed by atoms with Gasteiger partial charge >= 0.3 is 0 Å². The van der Waals surface area contributed by atoms with Crippen molar-refractivity contribution in [3.8, 4) is 11.8 Å². The fourth-order valence-corrected chi connectivity index (χ4v) is 2.48. The monoisotopic (exact) mass is 178 g/mol. The van der Waals surface area contributed by atoms with Crippen molar-refractivity contribution in [3.05, 3.63) is 0 Å². The van der Waals surface area contributed by atoms with E-state index in [9.17, 15) is 0 Å². The van der Waals surface area contributed by atoms with E-state index in [1.807, 2.05) is 14.0 Å². The Morgan fingerprint density at radius 3 is 2.38 bits per heavy atom. The van der Waals surface area contributed by atoms with Gasteiger partial charge in [-0.05, 0) is 38.5 Å². The van der Waals surface area contributed by atoms with Crippen LogP contribution in [0.3, 0.4) is 0 Å². The fourth-order valence-electron chi connectivity index (χ4n) is 2.48. The molecule has 0 heterocycles. The fraction of sp³-hybridized carbons (Fsp3) is 0.833. The van der Waals surface area contributed by atoms with Crippen molar-refractivity contribution in [1.29, 1.82) is 0 Å². The van der Waals surface area contributed by atoms with Crippen molar-refractivity contribution >= 4 is 0 Å². The molecule has 0 aromatic rings. The van der Waals surface area contributed by atoms with Gasteiger partial charge in [0.1, 0.15) is 0 Å². The summed E-state index contributed by atoms with van der Waals surface area (Å²) in [6.07, 6.45) is 7.03. The maximum atomic E-state index is 5.63. The Labute approximate surface area is 80.9 Å². The number of ether oxygens (including phenoxy) is 1. The Morgan fingerprint density at radius 1 is 1.38 bits per heavy atom. The van der Waals surface area contributed by atoms with E-state index in [1.165, 1.54) is 32.1 Å². The highest BCUT2D eigenvalue weighted by molar-refractivity contribution is 5.22. The summed E-state index contributed by atoms with van der Waals surface area (Å²) in [6, 6.07) is 0. The van der Waals surface area contributed by atoms with Crippen LogP contribution in [0.1, 0.15) is 39.0 Å². The lowest BCUT2D eigenvalue weighted by molar-refractivity contribution is -0.0146. The molecule has 0 aromatic carbocycles. The minimum absolute atomic E-state index is 0.259. The number of methoxy groups -OCH3 is 1. The van der Waals surface area contributed by atoms with E-state index in [0.29, 0.717) is 6.10 Å². The van der Waals surface area contributed by atoms with E-state index in [2.05, 4.69) is 11.8 Å². The van der Waals surface area contributed by atoms with E-state index in [-0.39, 0.29) is 5.41 Å². The first-order chi connectivity index (χ1) is 6.32. The smallest absolute Gasteiger partial charge is 0.0764 e. The van der Waals surface area contributed by atoms with Gasteiger partial charge in [-0.25, -0.2) is 0 Å². The second-order valence-electron chi connectivity index (χ2n) is 4.38. The maximum absolute atomic E-state index is 5.63. The van der Waals surface area contributed by atoms with Crippen molar-refractivity contribution in [2.75, 3.05) is 7.11 Å². The van der Waals surface area contributed by atoms with Crippen LogP contribution in [0.5, 0.6) is 0 Å². The number of rotatable bonds is 3. The molecule has 0 aromatic heterocycles. The normalized spacial score (nSPS) is 26.9. The maximum Gasteiger partial charge on any atom is 0.0764 e. The van der Waals surface area contributed by atoms with Crippen LogP contribution in [-0.2, 0) is 4.74 Å². The SMILES string of the molecule is CC#CC1(C(OC)C2CCC2)CC1. The number of hydrogen-bond acceptors (Lipinski definition) is 1. The zero-order chi connectivity index (χ0) is 9.31. The molecule has 0 spiro atoms. The van der Waals surface area contributed by atoms with E-state index >= 15 is 0 Å². The molecule has 0 radical (unpaired) electrons. The Kier molecular flexibility index (Phi) is 2.34. The molecule has 2 rings (SSSR count). The quantitative estimate of drug-likeness (QED) is 0.604. The zero-order valence-electron chi connectivity index (χ0n) is 8.60. The molecule has 2 fully saturated rings. The third kappa shape index (κ3) is 1.48. The molecule has 13 heavy (non-hydrogen) atoms. The highest BCUT2D eigenvalue weighted by Crippen LogP contribution is 2.54. The standard InChI is InChI=1S/C12H18O/c1-3-7-12(8-9-12)11(13-2)10-5-4-6-10/h10-11H,4-6,8-9H2,1-2H3. The second-order valence-corrected chi connectivity index (χ2v) is 4.38. The van der Waals surface area contributed by atoms with Crippen LogP contribution in [0.15, 0.2) is 0 Å². The van der Waals surface area contributed by atoms with Gasteiger partial charge in [0, 0.05) is 7.11 Å². The third-order valence-electron chi connectivity index (χ3n) is 3.54. The largest absolute Gasteiger partial charge is 0.380 e. The summed E-state index contributed by atoms with van der Waals surface area (Å²) in [6.45, 7) is 1.94. The summed E-state index contributed by atoms with van der Waals surface area (Å²) in [4.78, 5) is 0. The van der Waals surface area contributed by atoms with E-state index < -0.39 is 0 Å². The zero-order valence-corrected chi connectivity index (χ0v) is 8.60. The van der Waals surface area contributed by atoms with Gasteiger partial charge in [-0.1, -0.05) is 12.3 Å². The lowest BCUT2D eigenvalue weighted by Gasteiger charge is -2.36. The first kappa shape index (κ1) is 9.09. The van der Waals surface area contributed by atoms with Crippen LogP contribution in [0, 0.1) is 23.2 Å². The van der Waals surface area contributed by atoms with Crippen LogP contribution in [0.4, 0.5) is 0 Å². The summed E-state index contributed by atoms with van der Waals surface area (Å²) in [7, 11) is 1.85. The Bertz CT molecular complexity index is 238. The van der Waals surface area contributed by atoms with Crippen molar-refractivity contribution in [3.63, 3.8) is 0 Å². The first-order valence-corrected chi connectivity index (χ1v) is 5.29. The summed E-state index contributed by atoms with van der Waals surface area (Å²) < 4.78 is 5.63. The highest BCUT2D eigenvalue weighted by Gasteiger charge is 2.52. The Hall–Kier alpha value is -0.480. The molecule has 1 nitrogen and oxygen atoms in total. The summed E-state index contributed by atoms with van der Waals surface area (Å²) in [5.74, 6) is 7.22. The molecule has 0 bridgehead atoms. The summed E-state index contributed by atoms with van der Waals surface area (Å²) >= 11 is 0. The molecule has 2 saturated carbocycles. The third-order valence-corrected chi connectivity index (χ3v) is 3.54. The van der Waals surface area contributed by atoms with Crippen molar-refractivity contribution in [2.45, 2.75) is 45.1 Å². The Balaban J connectivity index is 2.05. The van der Waals surface area contributed by atoms with E-state index in [1.54, 1.807) is 0 Å². The van der Waals surface area contributed by atoms with Gasteiger partial charge in [-0.15, -0.1) is 5.92 Å². The van der Waals surface area contributed by atoms with Crippen molar-refractivity contribution < 1.29 is 4.74 Å². The minimum Gasteiger partial charge on any atom is -0.380 e. The molecule has 0 amide bonds. The van der Waals surface area contributed by atoms with Gasteiger partial charge in [0.15, 0.2) is 0 Å². The average Bonchev–Trinajstić information content (AvgIpc) is 2.78. The van der Waals surface area contributed by atoms with Gasteiger partial charge in [0.05, 0.1) is 11.5 Å². The lowest BCUT2D eigenvalue weighted by Crippen LogP contribution is -2.35. The summed E-state index contributed by atoms with van der Waals surface area (Å²) in [5, 5.41) is 0. The molecule has 2 aliphatic rings. The van der Waals surface area contributed by atoms with Gasteiger partial charge in [-0.2, -0.15) is 0 Å². The van der Waals surface area contributed by atoms with Gasteiger partial charge in [0.2, 0.25) is 0 Å². The van der Waals surface area contributed by atoms with Crippen LogP contribution >= 0.6 is 0 Å². The molecule has 1 atom stereocenters. The van der Waals surface area contributed by atoms with E-state index in [0.717, 1.165) is 5.92 Å². The topological polar surface area (TPSA) is 9.23 Å². The van der Waals surface area contributed by atoms with Crippen molar-refractivity contribution in [1.82, 2.24) is 0 Å². The van der Waals surface area contributed by atoms with Crippen LogP contribution in [0.25, 0.3) is 0 Å². The Morgan fingerprint density at radius 2 is 2.08 bits per heavy atom. The molecule has 0 aliphatic heterocycles. The molecule has 2 aliphatic carbocycles. The van der Waals surface area contributed by atoms with E-state index in [4.69, 9.17) is 4.74 Å². The molecular weight excluding hydrogens is 160 g/mol. The molecule has 72 valence electrons. The molecular formula is C12H18O. The van der Waals surface area contributed by atoms with Gasteiger partial charge in [0.25, 0.3) is 0 Å². The van der Waals surface area contributed by atoms with Gasteiger partial charge < -0.3 is 4.74 Å². The molecule has 0 saturated heterocycles. The van der Waals surface area contributed by atoms with Gasteiger partial charge in [-0.3, -0.25) is 0 Å². The predicted octanol–water partition coefficient (Wildman–Crippen LogP) is 2.61. The second kappa shape index (κ2) is 3.35. The molecule has 1 unspecified atom stereocenters. The average molecular weight is 178 g/mol. The predicted molar refractivity (Wildman–Crippen MR) is 53.3 cm³/mol. The summed E-state index contributed by atoms with van der Waals surface area (Å²) in [5.41, 5.74) is 0.259. The lowest BCUT2D eigenvalue weighted by atomic mass is 9.75. The molecule has 0 N–H and O–H groups in total. The number of hydrogen-bond donors (Lipinski definition) is 0. The van der Waals surface area contributed by atoms with Crippen molar-refractivity contribution in [2.24, 2.45) is 11.3 Å². The first-order valence-electron chi connectivity index (χ1n) is 5.29.